The summed E-state index contributed by atoms with van der Waals surface area (Å²) in [4.78, 5) is 11.8. The minimum absolute atomic E-state index is 0.0111. The Hall–Kier alpha value is -1.17. The molecular weight excluding hydrogens is 410 g/mol. The SMILES string of the molecule is Cc1ccc(CSCCNC(=O)COc2ccc(Cl)cc2Br)cc1. The molecule has 1 N–H and O–H groups in total. The summed E-state index contributed by atoms with van der Waals surface area (Å²) >= 11 is 11.0. The Morgan fingerprint density at radius 3 is 2.71 bits per heavy atom. The number of halogens is 2. The molecule has 2 rings (SSSR count). The van der Waals surface area contributed by atoms with E-state index in [0.29, 0.717) is 17.3 Å². The Morgan fingerprint density at radius 1 is 1.25 bits per heavy atom. The summed E-state index contributed by atoms with van der Waals surface area (Å²) in [6.07, 6.45) is 0. The highest BCUT2D eigenvalue weighted by atomic mass is 79.9. The summed E-state index contributed by atoms with van der Waals surface area (Å²) in [5, 5.41) is 3.47. The van der Waals surface area contributed by atoms with E-state index in [2.05, 4.69) is 52.4 Å². The van der Waals surface area contributed by atoms with E-state index in [1.54, 1.807) is 30.0 Å². The molecule has 0 heterocycles. The predicted octanol–water partition coefficient (Wildman–Crippen LogP) is 4.84. The van der Waals surface area contributed by atoms with Gasteiger partial charge in [0, 0.05) is 23.1 Å². The van der Waals surface area contributed by atoms with Gasteiger partial charge in [-0.05, 0) is 46.6 Å². The molecule has 0 saturated carbocycles. The first-order chi connectivity index (χ1) is 11.5. The minimum atomic E-state index is -0.132. The van der Waals surface area contributed by atoms with Crippen molar-refractivity contribution >= 4 is 45.2 Å². The molecular formula is C18H19BrClNO2S. The van der Waals surface area contributed by atoms with Gasteiger partial charge in [-0.15, -0.1) is 0 Å². The molecule has 0 aliphatic carbocycles. The Kier molecular flexibility index (Phi) is 7.95. The van der Waals surface area contributed by atoms with Crippen LogP contribution in [0.15, 0.2) is 46.9 Å². The average Bonchev–Trinajstić information content (AvgIpc) is 2.55. The predicted molar refractivity (Wildman–Crippen MR) is 105 cm³/mol. The molecule has 0 unspecified atom stereocenters. The lowest BCUT2D eigenvalue weighted by atomic mass is 10.2. The third-order valence-electron chi connectivity index (χ3n) is 3.21. The fourth-order valence-electron chi connectivity index (χ4n) is 1.92. The lowest BCUT2D eigenvalue weighted by molar-refractivity contribution is -0.122. The molecule has 24 heavy (non-hydrogen) atoms. The van der Waals surface area contributed by atoms with Crippen molar-refractivity contribution in [2.75, 3.05) is 18.9 Å². The number of ether oxygens (including phenoxy) is 1. The number of aryl methyl sites for hydroxylation is 1. The second-order valence-electron chi connectivity index (χ2n) is 5.25. The number of hydrogen-bond donors (Lipinski definition) is 1. The van der Waals surface area contributed by atoms with Crippen LogP contribution in [0.5, 0.6) is 5.75 Å². The summed E-state index contributed by atoms with van der Waals surface area (Å²) < 4.78 is 6.20. The number of benzene rings is 2. The van der Waals surface area contributed by atoms with E-state index in [1.807, 2.05) is 0 Å². The molecule has 1 amide bonds. The molecule has 6 heteroatoms. The molecule has 0 fully saturated rings. The third kappa shape index (κ3) is 6.75. The molecule has 0 spiro atoms. The third-order valence-corrected chi connectivity index (χ3v) is 5.10. The van der Waals surface area contributed by atoms with Crippen molar-refractivity contribution in [2.24, 2.45) is 0 Å². The van der Waals surface area contributed by atoms with Gasteiger partial charge < -0.3 is 10.1 Å². The molecule has 2 aromatic rings. The van der Waals surface area contributed by atoms with Crippen molar-refractivity contribution in [2.45, 2.75) is 12.7 Å². The van der Waals surface area contributed by atoms with Gasteiger partial charge in [0.15, 0.2) is 6.61 Å². The second-order valence-corrected chi connectivity index (χ2v) is 7.65. The van der Waals surface area contributed by atoms with Crippen LogP contribution in [0.1, 0.15) is 11.1 Å². The highest BCUT2D eigenvalue weighted by molar-refractivity contribution is 9.10. The van der Waals surface area contributed by atoms with Crippen LogP contribution in [0.2, 0.25) is 5.02 Å². The molecule has 0 saturated heterocycles. The van der Waals surface area contributed by atoms with Crippen LogP contribution < -0.4 is 10.1 Å². The Morgan fingerprint density at radius 2 is 2.00 bits per heavy atom. The second kappa shape index (κ2) is 9.97. The quantitative estimate of drug-likeness (QED) is 0.611. The number of thioether (sulfide) groups is 1. The summed E-state index contributed by atoms with van der Waals surface area (Å²) in [5.74, 6) is 2.28. The Labute approximate surface area is 160 Å². The van der Waals surface area contributed by atoms with Crippen LogP contribution in [-0.2, 0) is 10.5 Å². The standard InChI is InChI=1S/C18H19BrClNO2S/c1-13-2-4-14(5-3-13)12-24-9-8-21-18(22)11-23-17-7-6-15(20)10-16(17)19/h2-7,10H,8-9,11-12H2,1H3,(H,21,22). The van der Waals surface area contributed by atoms with Gasteiger partial charge >= 0.3 is 0 Å². The van der Waals surface area contributed by atoms with Gasteiger partial charge in [-0.25, -0.2) is 0 Å². The largest absolute Gasteiger partial charge is 0.483 e. The Balaban J connectivity index is 1.60. The summed E-state index contributed by atoms with van der Waals surface area (Å²) in [7, 11) is 0. The zero-order valence-electron chi connectivity index (χ0n) is 13.4. The summed E-state index contributed by atoms with van der Waals surface area (Å²) in [5.41, 5.74) is 2.57. The average molecular weight is 429 g/mol. The van der Waals surface area contributed by atoms with E-state index >= 15 is 0 Å². The highest BCUT2D eigenvalue weighted by Gasteiger charge is 2.06. The number of amides is 1. The van der Waals surface area contributed by atoms with E-state index in [4.69, 9.17) is 16.3 Å². The van der Waals surface area contributed by atoms with Crippen molar-refractivity contribution in [1.29, 1.82) is 0 Å². The highest BCUT2D eigenvalue weighted by Crippen LogP contribution is 2.27. The normalized spacial score (nSPS) is 10.5. The van der Waals surface area contributed by atoms with Crippen LogP contribution >= 0.6 is 39.3 Å². The maximum Gasteiger partial charge on any atom is 0.257 e. The number of carbonyl (C=O) groups excluding carboxylic acids is 1. The molecule has 128 valence electrons. The van der Waals surface area contributed by atoms with Gasteiger partial charge in [0.05, 0.1) is 4.47 Å². The molecule has 2 aromatic carbocycles. The smallest absolute Gasteiger partial charge is 0.257 e. The molecule has 0 aromatic heterocycles. The first kappa shape index (κ1) is 19.2. The molecule has 0 aliphatic heterocycles. The van der Waals surface area contributed by atoms with Gasteiger partial charge in [0.25, 0.3) is 5.91 Å². The summed E-state index contributed by atoms with van der Waals surface area (Å²) in [6, 6.07) is 13.7. The number of carbonyl (C=O) groups is 1. The zero-order valence-corrected chi connectivity index (χ0v) is 16.5. The van der Waals surface area contributed by atoms with Gasteiger partial charge in [0.1, 0.15) is 5.75 Å². The van der Waals surface area contributed by atoms with E-state index in [9.17, 15) is 4.79 Å². The van der Waals surface area contributed by atoms with Gasteiger partial charge in [-0.3, -0.25) is 4.79 Å². The molecule has 0 radical (unpaired) electrons. The maximum absolute atomic E-state index is 11.8. The lowest BCUT2D eigenvalue weighted by Crippen LogP contribution is -2.30. The fourth-order valence-corrected chi connectivity index (χ4v) is 3.54. The molecule has 0 atom stereocenters. The number of nitrogens with one attached hydrogen (secondary N) is 1. The lowest BCUT2D eigenvalue weighted by Gasteiger charge is -2.09. The first-order valence-electron chi connectivity index (χ1n) is 7.52. The minimum Gasteiger partial charge on any atom is -0.483 e. The van der Waals surface area contributed by atoms with E-state index in [-0.39, 0.29) is 12.5 Å². The van der Waals surface area contributed by atoms with Gasteiger partial charge in [0.2, 0.25) is 0 Å². The van der Waals surface area contributed by atoms with Gasteiger partial charge in [-0.2, -0.15) is 11.8 Å². The van der Waals surface area contributed by atoms with Crippen LogP contribution in [0, 0.1) is 6.92 Å². The van der Waals surface area contributed by atoms with Crippen molar-refractivity contribution in [3.8, 4) is 5.75 Å². The monoisotopic (exact) mass is 427 g/mol. The van der Waals surface area contributed by atoms with Gasteiger partial charge in [-0.1, -0.05) is 41.4 Å². The van der Waals surface area contributed by atoms with E-state index < -0.39 is 0 Å². The summed E-state index contributed by atoms with van der Waals surface area (Å²) in [6.45, 7) is 2.69. The number of rotatable bonds is 8. The first-order valence-corrected chi connectivity index (χ1v) is 9.85. The van der Waals surface area contributed by atoms with Crippen molar-refractivity contribution in [3.05, 3.63) is 63.1 Å². The van der Waals surface area contributed by atoms with Crippen LogP contribution in [0.25, 0.3) is 0 Å². The van der Waals surface area contributed by atoms with E-state index in [1.165, 1.54) is 11.1 Å². The van der Waals surface area contributed by atoms with Crippen molar-refractivity contribution < 1.29 is 9.53 Å². The van der Waals surface area contributed by atoms with E-state index in [0.717, 1.165) is 16.0 Å². The topological polar surface area (TPSA) is 38.3 Å². The van der Waals surface area contributed by atoms with Crippen molar-refractivity contribution in [3.63, 3.8) is 0 Å². The maximum atomic E-state index is 11.8. The van der Waals surface area contributed by atoms with Crippen LogP contribution in [0.3, 0.4) is 0 Å². The molecule has 0 aliphatic rings. The number of hydrogen-bond acceptors (Lipinski definition) is 3. The molecule has 0 bridgehead atoms. The zero-order chi connectivity index (χ0) is 17.4. The Bertz CT molecular complexity index is 679. The fraction of sp³-hybridized carbons (Fsp3) is 0.278. The van der Waals surface area contributed by atoms with Crippen molar-refractivity contribution in [1.82, 2.24) is 5.32 Å². The van der Waals surface area contributed by atoms with Crippen LogP contribution in [0.4, 0.5) is 0 Å². The van der Waals surface area contributed by atoms with Crippen LogP contribution in [-0.4, -0.2) is 24.8 Å². The molecule has 3 nitrogen and oxygen atoms in total.